The topological polar surface area (TPSA) is 128 Å². The van der Waals surface area contributed by atoms with E-state index in [0.29, 0.717) is 17.7 Å². The summed E-state index contributed by atoms with van der Waals surface area (Å²) in [7, 11) is 0. The van der Waals surface area contributed by atoms with Crippen LogP contribution in [0.1, 0.15) is 68.8 Å². The predicted octanol–water partition coefficient (Wildman–Crippen LogP) is 3.92. The molecule has 0 aliphatic carbocycles. The van der Waals surface area contributed by atoms with Gasteiger partial charge in [0, 0.05) is 19.5 Å². The minimum atomic E-state index is -1.10. The summed E-state index contributed by atoms with van der Waals surface area (Å²) in [6.07, 6.45) is 0.974. The van der Waals surface area contributed by atoms with Gasteiger partial charge in [-0.2, -0.15) is 0 Å². The van der Waals surface area contributed by atoms with E-state index in [-0.39, 0.29) is 31.2 Å². The number of aliphatic hydroxyl groups is 1. The lowest BCUT2D eigenvalue weighted by Gasteiger charge is -2.34. The van der Waals surface area contributed by atoms with Crippen LogP contribution in [0.2, 0.25) is 0 Å². The van der Waals surface area contributed by atoms with Crippen LogP contribution in [-0.4, -0.2) is 64.4 Å². The average Bonchev–Trinajstić information content (AvgIpc) is 2.85. The SMILES string of the molecule is CCCCNC(=O)C(c1ccc(C)c(C)c1)N(CCO)C(=O)C(Cc1ccc(O)cc1)NC(=O)OC(C)(C)C. The van der Waals surface area contributed by atoms with Gasteiger partial charge in [0.05, 0.1) is 6.61 Å². The van der Waals surface area contributed by atoms with Crippen LogP contribution in [0, 0.1) is 13.8 Å². The van der Waals surface area contributed by atoms with Crippen molar-refractivity contribution in [3.8, 4) is 5.75 Å². The fraction of sp³-hybridized carbons (Fsp3) is 0.500. The van der Waals surface area contributed by atoms with Crippen molar-refractivity contribution in [2.75, 3.05) is 19.7 Å². The molecule has 39 heavy (non-hydrogen) atoms. The summed E-state index contributed by atoms with van der Waals surface area (Å²) in [4.78, 5) is 41.7. The molecule has 0 radical (unpaired) electrons. The molecule has 9 nitrogen and oxygen atoms in total. The Morgan fingerprint density at radius 2 is 1.69 bits per heavy atom. The highest BCUT2D eigenvalue weighted by Gasteiger charge is 2.36. The molecule has 2 aromatic rings. The van der Waals surface area contributed by atoms with Gasteiger partial charge in [-0.1, -0.05) is 43.7 Å². The highest BCUT2D eigenvalue weighted by molar-refractivity contribution is 5.92. The molecule has 0 heterocycles. The van der Waals surface area contributed by atoms with Gasteiger partial charge < -0.3 is 30.5 Å². The Hall–Kier alpha value is -3.59. The van der Waals surface area contributed by atoms with Crippen molar-refractivity contribution in [1.29, 1.82) is 0 Å². The Balaban J connectivity index is 2.52. The van der Waals surface area contributed by atoms with E-state index in [0.717, 1.165) is 24.0 Å². The highest BCUT2D eigenvalue weighted by Crippen LogP contribution is 2.25. The number of phenols is 1. The first-order valence-electron chi connectivity index (χ1n) is 13.4. The molecule has 2 aromatic carbocycles. The van der Waals surface area contributed by atoms with E-state index in [1.807, 2.05) is 32.9 Å². The molecule has 0 saturated carbocycles. The largest absolute Gasteiger partial charge is 0.508 e. The second kappa shape index (κ2) is 14.5. The zero-order valence-corrected chi connectivity index (χ0v) is 23.9. The van der Waals surface area contributed by atoms with Crippen LogP contribution in [0.15, 0.2) is 42.5 Å². The quantitative estimate of drug-likeness (QED) is 0.302. The molecule has 9 heteroatoms. The molecule has 0 spiro atoms. The smallest absolute Gasteiger partial charge is 0.408 e. The second-order valence-corrected chi connectivity index (χ2v) is 10.7. The van der Waals surface area contributed by atoms with Crippen molar-refractivity contribution in [2.45, 2.75) is 78.5 Å². The molecule has 0 saturated heterocycles. The van der Waals surface area contributed by atoms with E-state index >= 15 is 0 Å². The first-order chi connectivity index (χ1) is 18.4. The van der Waals surface area contributed by atoms with Crippen molar-refractivity contribution in [3.63, 3.8) is 0 Å². The van der Waals surface area contributed by atoms with Crippen LogP contribution in [-0.2, 0) is 20.7 Å². The number of nitrogens with zero attached hydrogens (tertiary/aromatic N) is 1. The van der Waals surface area contributed by atoms with Crippen molar-refractivity contribution in [1.82, 2.24) is 15.5 Å². The van der Waals surface area contributed by atoms with Crippen molar-refractivity contribution in [3.05, 3.63) is 64.7 Å². The van der Waals surface area contributed by atoms with E-state index in [9.17, 15) is 24.6 Å². The Morgan fingerprint density at radius 3 is 2.26 bits per heavy atom. The highest BCUT2D eigenvalue weighted by atomic mass is 16.6. The number of ether oxygens (including phenoxy) is 1. The maximum absolute atomic E-state index is 14.1. The van der Waals surface area contributed by atoms with Crippen LogP contribution in [0.5, 0.6) is 5.75 Å². The van der Waals surface area contributed by atoms with Gasteiger partial charge >= 0.3 is 6.09 Å². The average molecular weight is 542 g/mol. The van der Waals surface area contributed by atoms with Gasteiger partial charge in [-0.25, -0.2) is 4.79 Å². The van der Waals surface area contributed by atoms with Crippen molar-refractivity contribution in [2.24, 2.45) is 0 Å². The van der Waals surface area contributed by atoms with E-state index in [1.165, 1.54) is 17.0 Å². The third kappa shape index (κ3) is 9.90. The molecule has 0 aliphatic heterocycles. The van der Waals surface area contributed by atoms with Crippen LogP contribution in [0.4, 0.5) is 4.79 Å². The van der Waals surface area contributed by atoms with Gasteiger partial charge in [-0.15, -0.1) is 0 Å². The first kappa shape index (κ1) is 31.6. The monoisotopic (exact) mass is 541 g/mol. The number of hydrogen-bond acceptors (Lipinski definition) is 6. The normalized spacial score (nSPS) is 12.8. The fourth-order valence-electron chi connectivity index (χ4n) is 4.08. The summed E-state index contributed by atoms with van der Waals surface area (Å²) >= 11 is 0. The zero-order valence-electron chi connectivity index (χ0n) is 23.9. The predicted molar refractivity (Wildman–Crippen MR) is 150 cm³/mol. The molecule has 4 N–H and O–H groups in total. The number of unbranched alkanes of at least 4 members (excludes halogenated alkanes) is 1. The first-order valence-corrected chi connectivity index (χ1v) is 13.4. The zero-order chi connectivity index (χ0) is 29.2. The molecule has 2 unspecified atom stereocenters. The number of rotatable bonds is 12. The van der Waals surface area contributed by atoms with Gasteiger partial charge in [0.1, 0.15) is 23.4 Å². The van der Waals surface area contributed by atoms with Gasteiger partial charge in [0.2, 0.25) is 11.8 Å². The van der Waals surface area contributed by atoms with Crippen molar-refractivity contribution >= 4 is 17.9 Å². The summed E-state index contributed by atoms with van der Waals surface area (Å²) in [6, 6.07) is 9.74. The van der Waals surface area contributed by atoms with Gasteiger partial charge in [0.15, 0.2) is 0 Å². The maximum atomic E-state index is 14.1. The van der Waals surface area contributed by atoms with Gasteiger partial charge in [-0.3, -0.25) is 9.59 Å². The molecule has 0 aromatic heterocycles. The van der Waals surface area contributed by atoms with Gasteiger partial charge in [-0.05, 0) is 75.4 Å². The molecule has 214 valence electrons. The number of carbonyl (C=O) groups is 3. The number of aromatic hydroxyl groups is 1. The Morgan fingerprint density at radius 1 is 1.03 bits per heavy atom. The number of aryl methyl sites for hydroxylation is 2. The molecular formula is C30H43N3O6. The Bertz CT molecular complexity index is 1110. The fourth-order valence-corrected chi connectivity index (χ4v) is 4.08. The lowest BCUT2D eigenvalue weighted by atomic mass is 9.97. The number of aliphatic hydroxyl groups excluding tert-OH is 1. The lowest BCUT2D eigenvalue weighted by Crippen LogP contribution is -2.54. The number of alkyl carbamates (subject to hydrolysis) is 1. The summed E-state index contributed by atoms with van der Waals surface area (Å²) in [6.45, 7) is 11.0. The standard InChI is InChI=1S/C30H43N3O6/c1-7-8-15-31-27(36)26(23-12-9-20(2)21(3)18-23)33(16-17-34)28(37)25(32-29(38)39-30(4,5)6)19-22-10-13-24(35)14-11-22/h9-14,18,25-26,34-35H,7-8,15-17,19H2,1-6H3,(H,31,36)(H,32,38). The third-order valence-corrected chi connectivity index (χ3v) is 6.23. The molecule has 0 aliphatic rings. The van der Waals surface area contributed by atoms with Crippen LogP contribution >= 0.6 is 0 Å². The Labute approximate surface area is 231 Å². The number of amides is 3. The summed E-state index contributed by atoms with van der Waals surface area (Å²) < 4.78 is 5.41. The maximum Gasteiger partial charge on any atom is 0.408 e. The minimum absolute atomic E-state index is 0.0715. The molecule has 3 amide bonds. The number of nitrogens with one attached hydrogen (secondary N) is 2. The Kier molecular flexibility index (Phi) is 11.8. The van der Waals surface area contributed by atoms with E-state index in [1.54, 1.807) is 39.0 Å². The molecular weight excluding hydrogens is 498 g/mol. The molecule has 2 rings (SSSR count). The van der Waals surface area contributed by atoms with Crippen LogP contribution < -0.4 is 10.6 Å². The van der Waals surface area contributed by atoms with E-state index < -0.39 is 29.7 Å². The number of phenolic OH excluding ortho intramolecular Hbond substituents is 1. The second-order valence-electron chi connectivity index (χ2n) is 10.7. The summed E-state index contributed by atoms with van der Waals surface area (Å²) in [5, 5.41) is 25.2. The molecule has 0 bridgehead atoms. The summed E-state index contributed by atoms with van der Waals surface area (Å²) in [5.41, 5.74) is 2.50. The number of benzene rings is 2. The van der Waals surface area contributed by atoms with Crippen LogP contribution in [0.3, 0.4) is 0 Å². The third-order valence-electron chi connectivity index (χ3n) is 6.23. The molecule has 0 fully saturated rings. The van der Waals surface area contributed by atoms with Crippen molar-refractivity contribution < 1.29 is 29.3 Å². The van der Waals surface area contributed by atoms with E-state index in [4.69, 9.17) is 4.74 Å². The van der Waals surface area contributed by atoms with Gasteiger partial charge in [0.25, 0.3) is 0 Å². The van der Waals surface area contributed by atoms with E-state index in [2.05, 4.69) is 10.6 Å². The summed E-state index contributed by atoms with van der Waals surface area (Å²) in [5.74, 6) is -0.840. The number of carbonyl (C=O) groups excluding carboxylic acids is 3. The van der Waals surface area contributed by atoms with Crippen LogP contribution in [0.25, 0.3) is 0 Å². The lowest BCUT2D eigenvalue weighted by molar-refractivity contribution is -0.143. The minimum Gasteiger partial charge on any atom is -0.508 e. The molecule has 2 atom stereocenters. The number of hydrogen-bond donors (Lipinski definition) is 4.